The highest BCUT2D eigenvalue weighted by Gasteiger charge is 2.42. The van der Waals surface area contributed by atoms with E-state index in [0.29, 0.717) is 64.5 Å². The fraction of sp³-hybridized carbons (Fsp3) is 0.905. The van der Waals surface area contributed by atoms with Crippen molar-refractivity contribution >= 4 is 23.7 Å². The molecule has 3 amide bonds. The molecule has 0 aromatic rings. The number of amides is 3. The lowest BCUT2D eigenvalue weighted by molar-refractivity contribution is -0.121. The number of fused-ring (bicyclic) bond motifs is 1. The Bertz CT molecular complexity index is 558. The zero-order chi connectivity index (χ0) is 23.7. The molecule has 0 aromatic heterocycles. The average Bonchev–Trinajstić information content (AvgIpc) is 3.33. The molecule has 192 valence electrons. The zero-order valence-electron chi connectivity index (χ0n) is 19.2. The number of ether oxygens (including phenoxy) is 4. The maximum absolute atomic E-state index is 11.9. The molecule has 2 aliphatic heterocycles. The van der Waals surface area contributed by atoms with E-state index in [0.717, 1.165) is 25.0 Å². The third-order valence-corrected chi connectivity index (χ3v) is 6.79. The number of hydrogen-bond acceptors (Lipinski definition) is 9. The highest BCUT2D eigenvalue weighted by Crippen LogP contribution is 2.33. The van der Waals surface area contributed by atoms with Gasteiger partial charge in [-0.2, -0.15) is 11.8 Å². The Morgan fingerprint density at radius 1 is 0.970 bits per heavy atom. The number of nitrogens with one attached hydrogen (secondary N) is 3. The Labute approximate surface area is 199 Å². The highest BCUT2D eigenvalue weighted by atomic mass is 32.2. The molecule has 2 rings (SSSR count). The van der Waals surface area contributed by atoms with E-state index in [1.54, 1.807) is 0 Å². The molecule has 0 aromatic carbocycles. The molecule has 12 heteroatoms. The van der Waals surface area contributed by atoms with Gasteiger partial charge in [-0.15, -0.1) is 0 Å². The van der Waals surface area contributed by atoms with Gasteiger partial charge in [0, 0.05) is 30.4 Å². The van der Waals surface area contributed by atoms with Crippen LogP contribution in [0.4, 0.5) is 4.79 Å². The summed E-state index contributed by atoms with van der Waals surface area (Å²) >= 11 is 1.90. The molecule has 0 saturated carbocycles. The first kappa shape index (κ1) is 28.1. The lowest BCUT2D eigenvalue weighted by Gasteiger charge is -2.16. The molecule has 33 heavy (non-hydrogen) atoms. The van der Waals surface area contributed by atoms with Gasteiger partial charge in [0.15, 0.2) is 6.29 Å². The molecule has 5 N–H and O–H groups in total. The van der Waals surface area contributed by atoms with E-state index in [1.807, 2.05) is 11.8 Å². The molecule has 11 nitrogen and oxygen atoms in total. The van der Waals surface area contributed by atoms with Crippen LogP contribution in [0.1, 0.15) is 32.1 Å². The molecular formula is C21H39N3O8S. The normalized spacial score (nSPS) is 21.8. The molecule has 3 atom stereocenters. The van der Waals surface area contributed by atoms with E-state index in [1.165, 1.54) is 0 Å². The van der Waals surface area contributed by atoms with Crippen LogP contribution in [0.5, 0.6) is 0 Å². The first-order valence-corrected chi connectivity index (χ1v) is 12.7. The van der Waals surface area contributed by atoms with Gasteiger partial charge in [-0.3, -0.25) is 4.79 Å². The van der Waals surface area contributed by atoms with Crippen molar-refractivity contribution in [3.63, 3.8) is 0 Å². The van der Waals surface area contributed by atoms with Crippen molar-refractivity contribution in [2.75, 3.05) is 65.2 Å². The number of rotatable bonds is 20. The molecular weight excluding hydrogens is 454 g/mol. The van der Waals surface area contributed by atoms with Gasteiger partial charge in [0.1, 0.15) is 0 Å². The topological polar surface area (TPSA) is 148 Å². The van der Waals surface area contributed by atoms with Crippen molar-refractivity contribution in [2.45, 2.75) is 55.7 Å². The third-order valence-electron chi connectivity index (χ3n) is 5.29. The lowest BCUT2D eigenvalue weighted by atomic mass is 10.0. The van der Waals surface area contributed by atoms with Crippen molar-refractivity contribution in [1.29, 1.82) is 0 Å². The Kier molecular flexibility index (Phi) is 14.7. The number of hydrogen-bond donors (Lipinski definition) is 5. The van der Waals surface area contributed by atoms with Gasteiger partial charge < -0.3 is 45.1 Å². The fourth-order valence-corrected chi connectivity index (χ4v) is 5.12. The largest absolute Gasteiger partial charge is 0.379 e. The summed E-state index contributed by atoms with van der Waals surface area (Å²) in [6, 6.07) is 0.414. The molecule has 0 bridgehead atoms. The van der Waals surface area contributed by atoms with E-state index in [2.05, 4.69) is 16.0 Å². The Morgan fingerprint density at radius 3 is 2.27 bits per heavy atom. The molecule has 2 aliphatic rings. The van der Waals surface area contributed by atoms with Crippen molar-refractivity contribution in [1.82, 2.24) is 16.0 Å². The fourth-order valence-electron chi connectivity index (χ4n) is 3.58. The minimum Gasteiger partial charge on any atom is -0.379 e. The maximum atomic E-state index is 11.9. The number of carbonyl (C=O) groups excluding carboxylic acids is 2. The second-order valence-corrected chi connectivity index (χ2v) is 9.21. The number of unbranched alkanes of at least 4 members (excludes halogenated alkanes) is 1. The maximum Gasteiger partial charge on any atom is 0.315 e. The van der Waals surface area contributed by atoms with Gasteiger partial charge in [-0.05, 0) is 12.8 Å². The average molecular weight is 494 g/mol. The molecule has 2 saturated heterocycles. The summed E-state index contributed by atoms with van der Waals surface area (Å²) in [5.74, 6) is 0.999. The molecule has 0 radical (unpaired) electrons. The summed E-state index contributed by atoms with van der Waals surface area (Å²) in [4.78, 5) is 23.3. The molecule has 2 fully saturated rings. The Balaban J connectivity index is 1.28. The van der Waals surface area contributed by atoms with Crippen LogP contribution >= 0.6 is 11.8 Å². The molecule has 3 unspecified atom stereocenters. The van der Waals surface area contributed by atoms with Crippen molar-refractivity contribution in [2.24, 2.45) is 0 Å². The quantitative estimate of drug-likeness (QED) is 0.0868. The van der Waals surface area contributed by atoms with E-state index < -0.39 is 6.29 Å². The number of thioether (sulfide) groups is 1. The van der Waals surface area contributed by atoms with E-state index >= 15 is 0 Å². The van der Waals surface area contributed by atoms with Crippen LogP contribution in [0, 0.1) is 0 Å². The summed E-state index contributed by atoms with van der Waals surface area (Å²) < 4.78 is 21.3. The lowest BCUT2D eigenvalue weighted by Crippen LogP contribution is -2.36. The summed E-state index contributed by atoms with van der Waals surface area (Å²) in [6.07, 6.45) is 2.19. The summed E-state index contributed by atoms with van der Waals surface area (Å²) in [7, 11) is 0. The Morgan fingerprint density at radius 2 is 1.61 bits per heavy atom. The van der Waals surface area contributed by atoms with E-state index in [4.69, 9.17) is 29.2 Å². The smallest absolute Gasteiger partial charge is 0.315 e. The van der Waals surface area contributed by atoms with Gasteiger partial charge in [0.25, 0.3) is 0 Å². The standard InChI is InChI=1S/C21H39N3O8S/c25-18(4-2-1-3-17-20-16(15-33-17)23-21(28)24-20)22-6-8-30-10-12-32-14-13-31-11-9-29-7-5-19(26)27/h16-17,19-20,26-27H,1-15H2,(H,22,25)(H2,23,24,28). The summed E-state index contributed by atoms with van der Waals surface area (Å²) in [5.41, 5.74) is 0. The van der Waals surface area contributed by atoms with Crippen LogP contribution in [-0.4, -0.2) is 111 Å². The number of urea groups is 1. The zero-order valence-corrected chi connectivity index (χ0v) is 20.0. The van der Waals surface area contributed by atoms with E-state index in [-0.39, 0.29) is 37.0 Å². The van der Waals surface area contributed by atoms with Gasteiger partial charge in [-0.1, -0.05) is 6.42 Å². The van der Waals surface area contributed by atoms with Crippen LogP contribution in [0.3, 0.4) is 0 Å². The van der Waals surface area contributed by atoms with Crippen molar-refractivity contribution < 1.29 is 38.7 Å². The van der Waals surface area contributed by atoms with Gasteiger partial charge in [0.2, 0.25) is 5.91 Å². The highest BCUT2D eigenvalue weighted by molar-refractivity contribution is 8.00. The Hall–Kier alpha value is -1.15. The van der Waals surface area contributed by atoms with Gasteiger partial charge in [0.05, 0.1) is 64.9 Å². The second-order valence-electron chi connectivity index (χ2n) is 7.94. The minimum absolute atomic E-state index is 0.0382. The first-order valence-electron chi connectivity index (χ1n) is 11.7. The third kappa shape index (κ3) is 12.8. The van der Waals surface area contributed by atoms with Crippen molar-refractivity contribution in [3.8, 4) is 0 Å². The minimum atomic E-state index is -1.33. The predicted octanol–water partition coefficient (Wildman–Crippen LogP) is -0.404. The number of aliphatic hydroxyl groups is 2. The van der Waals surface area contributed by atoms with Crippen LogP contribution in [0.2, 0.25) is 0 Å². The molecule has 0 aliphatic carbocycles. The second kappa shape index (κ2) is 17.3. The summed E-state index contributed by atoms with van der Waals surface area (Å²) in [5, 5.41) is 26.5. The first-order chi connectivity index (χ1) is 16.1. The predicted molar refractivity (Wildman–Crippen MR) is 123 cm³/mol. The summed E-state index contributed by atoms with van der Waals surface area (Å²) in [6.45, 7) is 3.86. The SMILES string of the molecule is O=C(CCCCC1SCC2NC(=O)NC21)NCCOCCOCCOCCOCCC(O)O. The van der Waals surface area contributed by atoms with Crippen LogP contribution in [-0.2, 0) is 23.7 Å². The molecule has 2 heterocycles. The van der Waals surface area contributed by atoms with Gasteiger partial charge in [-0.25, -0.2) is 4.79 Å². The van der Waals surface area contributed by atoms with Crippen molar-refractivity contribution in [3.05, 3.63) is 0 Å². The number of aliphatic hydroxyl groups excluding tert-OH is 1. The van der Waals surface area contributed by atoms with Crippen LogP contribution < -0.4 is 16.0 Å². The molecule has 0 spiro atoms. The van der Waals surface area contributed by atoms with E-state index in [9.17, 15) is 9.59 Å². The van der Waals surface area contributed by atoms with Crippen LogP contribution in [0.25, 0.3) is 0 Å². The van der Waals surface area contributed by atoms with Crippen LogP contribution in [0.15, 0.2) is 0 Å². The number of carbonyl (C=O) groups is 2. The monoisotopic (exact) mass is 493 g/mol. The van der Waals surface area contributed by atoms with Gasteiger partial charge >= 0.3 is 6.03 Å².